The Kier molecular flexibility index (Phi) is 10.4. The van der Waals surface area contributed by atoms with E-state index in [0.717, 1.165) is 31.1 Å². The van der Waals surface area contributed by atoms with E-state index in [9.17, 15) is 9.90 Å². The second kappa shape index (κ2) is 13.2. The molecule has 0 aliphatic heterocycles. The third kappa shape index (κ3) is 6.37. The molecule has 0 aromatic rings. The van der Waals surface area contributed by atoms with Crippen molar-refractivity contribution in [3.63, 3.8) is 0 Å². The van der Waals surface area contributed by atoms with Gasteiger partial charge in [-0.25, -0.2) is 0 Å². The van der Waals surface area contributed by atoms with E-state index in [-0.39, 0.29) is 17.5 Å². The van der Waals surface area contributed by atoms with Crippen molar-refractivity contribution >= 4 is 5.97 Å². The Hall–Kier alpha value is -0.830. The van der Waals surface area contributed by atoms with Crippen molar-refractivity contribution in [1.82, 2.24) is 0 Å². The van der Waals surface area contributed by atoms with Crippen molar-refractivity contribution in [3.8, 4) is 0 Å². The summed E-state index contributed by atoms with van der Waals surface area (Å²) in [7, 11) is 0. The predicted octanol–water partition coefficient (Wildman–Crippen LogP) is 11.6. The first-order valence-corrected chi connectivity index (χ1v) is 19.8. The van der Waals surface area contributed by atoms with Crippen molar-refractivity contribution < 1.29 is 14.6 Å². The number of rotatable bonds is 15. The number of carbonyl (C=O) groups excluding carboxylic acids is 1. The second-order valence-electron chi connectivity index (χ2n) is 18.8. The maximum atomic E-state index is 13.0. The van der Waals surface area contributed by atoms with Crippen LogP contribution >= 0.6 is 0 Å². The minimum atomic E-state index is -0.720. The van der Waals surface area contributed by atoms with Gasteiger partial charge in [0.25, 0.3) is 0 Å². The number of fused-ring (bicyclic) bond motifs is 2. The molecule has 9 unspecified atom stereocenters. The van der Waals surface area contributed by atoms with Crippen LogP contribution in [0.2, 0.25) is 0 Å². The average Bonchev–Trinajstić information content (AvgIpc) is 3.54. The second-order valence-corrected chi connectivity index (χ2v) is 18.8. The number of ether oxygens (including phenoxy) is 1. The van der Waals surface area contributed by atoms with E-state index in [1.807, 2.05) is 19.9 Å². The summed E-state index contributed by atoms with van der Waals surface area (Å²) in [5, 5.41) is 10.2. The van der Waals surface area contributed by atoms with Gasteiger partial charge in [0, 0.05) is 11.8 Å². The molecule has 5 saturated carbocycles. The first-order chi connectivity index (χ1) is 21.2. The highest BCUT2D eigenvalue weighted by Gasteiger charge is 2.82. The molecule has 0 saturated heterocycles. The van der Waals surface area contributed by atoms with Gasteiger partial charge in [-0.1, -0.05) is 105 Å². The van der Waals surface area contributed by atoms with Crippen LogP contribution in [-0.2, 0) is 9.53 Å². The summed E-state index contributed by atoms with van der Waals surface area (Å²) in [6, 6.07) is 0. The fraction of sp³-hybridized carbons (Fsp3) is 0.929. The Labute approximate surface area is 278 Å². The van der Waals surface area contributed by atoms with Gasteiger partial charge in [-0.15, -0.1) is 0 Å². The van der Waals surface area contributed by atoms with Crippen LogP contribution in [0.25, 0.3) is 0 Å². The molecule has 0 aromatic carbocycles. The normalized spacial score (nSPS) is 40.7. The Bertz CT molecular complexity index is 1050. The Morgan fingerprint density at radius 2 is 1.44 bits per heavy atom. The molecule has 45 heavy (non-hydrogen) atoms. The summed E-state index contributed by atoms with van der Waals surface area (Å²) in [5.74, 6) is 3.04. The van der Waals surface area contributed by atoms with E-state index in [2.05, 4.69) is 47.6 Å². The molecule has 3 heteroatoms. The molecule has 3 nitrogen and oxygen atoms in total. The lowest BCUT2D eigenvalue weighted by Gasteiger charge is -2.63. The van der Waals surface area contributed by atoms with Crippen molar-refractivity contribution in [2.45, 2.75) is 196 Å². The van der Waals surface area contributed by atoms with Gasteiger partial charge in [-0.3, -0.25) is 4.79 Å². The quantitative estimate of drug-likeness (QED) is 0.112. The molecule has 0 amide bonds. The lowest BCUT2D eigenvalue weighted by molar-refractivity contribution is -0.183. The Morgan fingerprint density at radius 1 is 0.822 bits per heavy atom. The van der Waals surface area contributed by atoms with Crippen LogP contribution in [0.15, 0.2) is 12.2 Å². The number of unbranched alkanes of at least 4 members (excludes halogenated alkanes) is 8. The van der Waals surface area contributed by atoms with Gasteiger partial charge in [-0.2, -0.15) is 0 Å². The molecule has 5 aliphatic rings. The zero-order valence-electron chi connectivity index (χ0n) is 30.9. The molecule has 0 radical (unpaired) electrons. The molecule has 9 atom stereocenters. The molecule has 5 rings (SSSR count). The van der Waals surface area contributed by atoms with Crippen molar-refractivity contribution in [3.05, 3.63) is 12.2 Å². The SMILES string of the molecule is CCCCCCCCCCCC(=O)OC1CCC23CC24CCC2(C)C(C(C)CC=CC(C)(C)O)CCC2(C)C4CCC3C1(C)C. The first kappa shape index (κ1) is 35.5. The number of allylic oxidation sites excluding steroid dienone is 1. The number of hydrogen-bond acceptors (Lipinski definition) is 3. The molecule has 5 aliphatic carbocycles. The van der Waals surface area contributed by atoms with E-state index < -0.39 is 5.60 Å². The lowest BCUT2D eigenvalue weighted by Crippen LogP contribution is -2.58. The monoisotopic (exact) mass is 625 g/mol. The number of hydrogen-bond donors (Lipinski definition) is 1. The number of aliphatic hydroxyl groups is 1. The molecule has 1 N–H and O–H groups in total. The van der Waals surface area contributed by atoms with Crippen molar-refractivity contribution in [2.24, 2.45) is 50.7 Å². The van der Waals surface area contributed by atoms with Crippen LogP contribution in [0.5, 0.6) is 0 Å². The first-order valence-electron chi connectivity index (χ1n) is 19.8. The topological polar surface area (TPSA) is 46.5 Å². The van der Waals surface area contributed by atoms with Gasteiger partial charge in [-0.05, 0) is 130 Å². The van der Waals surface area contributed by atoms with E-state index >= 15 is 0 Å². The fourth-order valence-corrected chi connectivity index (χ4v) is 13.0. The smallest absolute Gasteiger partial charge is 0.306 e. The average molecular weight is 625 g/mol. The van der Waals surface area contributed by atoms with Crippen molar-refractivity contribution in [2.75, 3.05) is 0 Å². The van der Waals surface area contributed by atoms with Gasteiger partial charge in [0.05, 0.1) is 5.60 Å². The van der Waals surface area contributed by atoms with Crippen LogP contribution in [0.1, 0.15) is 184 Å². The molecular weight excluding hydrogens is 552 g/mol. The highest BCUT2D eigenvalue weighted by atomic mass is 16.5. The lowest BCUT2D eigenvalue weighted by atomic mass is 9.41. The summed E-state index contributed by atoms with van der Waals surface area (Å²) in [6.07, 6.45) is 29.6. The fourth-order valence-electron chi connectivity index (χ4n) is 13.0. The van der Waals surface area contributed by atoms with E-state index in [4.69, 9.17) is 4.74 Å². The summed E-state index contributed by atoms with van der Waals surface area (Å²) in [4.78, 5) is 13.0. The minimum Gasteiger partial charge on any atom is -0.462 e. The molecule has 2 spiro atoms. The molecule has 258 valence electrons. The van der Waals surface area contributed by atoms with Crippen LogP contribution in [0.4, 0.5) is 0 Å². The summed E-state index contributed by atoms with van der Waals surface area (Å²) < 4.78 is 6.36. The van der Waals surface area contributed by atoms with Crippen molar-refractivity contribution in [1.29, 1.82) is 0 Å². The van der Waals surface area contributed by atoms with Gasteiger partial charge in [0.2, 0.25) is 0 Å². The van der Waals surface area contributed by atoms with Crippen LogP contribution in [-0.4, -0.2) is 22.8 Å². The van der Waals surface area contributed by atoms with Crippen LogP contribution < -0.4 is 0 Å². The zero-order valence-corrected chi connectivity index (χ0v) is 30.9. The minimum absolute atomic E-state index is 0.0654. The summed E-state index contributed by atoms with van der Waals surface area (Å²) >= 11 is 0. The molecule has 0 aromatic heterocycles. The van der Waals surface area contributed by atoms with Crippen LogP contribution in [0.3, 0.4) is 0 Å². The van der Waals surface area contributed by atoms with Gasteiger partial charge < -0.3 is 9.84 Å². The highest BCUT2D eigenvalue weighted by Crippen LogP contribution is 2.89. The molecule has 5 fully saturated rings. The third-order valence-electron chi connectivity index (χ3n) is 15.6. The number of carbonyl (C=O) groups is 1. The van der Waals surface area contributed by atoms with Gasteiger partial charge in [0.1, 0.15) is 6.10 Å². The van der Waals surface area contributed by atoms with Crippen LogP contribution in [0, 0.1) is 50.7 Å². The molecule has 0 bridgehead atoms. The summed E-state index contributed by atoms with van der Waals surface area (Å²) in [6.45, 7) is 18.8. The highest BCUT2D eigenvalue weighted by molar-refractivity contribution is 5.69. The largest absolute Gasteiger partial charge is 0.462 e. The molecule has 0 heterocycles. The van der Waals surface area contributed by atoms with E-state index in [1.165, 1.54) is 103 Å². The van der Waals surface area contributed by atoms with E-state index in [1.54, 1.807) is 0 Å². The number of esters is 1. The third-order valence-corrected chi connectivity index (χ3v) is 15.6. The van der Waals surface area contributed by atoms with E-state index in [0.29, 0.717) is 39.9 Å². The molecular formula is C42H72O3. The predicted molar refractivity (Wildman–Crippen MR) is 188 cm³/mol. The standard InChI is InChI=1S/C42H72O3/c1-9-10-11-12-13-14-15-16-17-20-36(43)45-35-24-27-41-30-42(41)29-28-39(7)32(31(2)19-18-25-37(3,4)44)23-26-40(39,8)34(42)22-21-33(41)38(35,5)6/h18,25,31-35,44H,9-17,19-24,26-30H2,1-8H3. The maximum absolute atomic E-state index is 13.0. The van der Waals surface area contributed by atoms with Gasteiger partial charge >= 0.3 is 5.97 Å². The zero-order chi connectivity index (χ0) is 32.7. The Balaban J connectivity index is 1.17. The summed E-state index contributed by atoms with van der Waals surface area (Å²) in [5.41, 5.74) is 1.22. The maximum Gasteiger partial charge on any atom is 0.306 e. The van der Waals surface area contributed by atoms with Gasteiger partial charge in [0.15, 0.2) is 0 Å². The Morgan fingerprint density at radius 3 is 2.11 bits per heavy atom.